The summed E-state index contributed by atoms with van der Waals surface area (Å²) in [6, 6.07) is 9.84. The molecule has 1 aromatic carbocycles. The number of aliphatic carboxylic acids is 1. The highest BCUT2D eigenvalue weighted by Gasteiger charge is 2.19. The van der Waals surface area contributed by atoms with Gasteiger partial charge in [-0.15, -0.1) is 0 Å². The number of hydrogen-bond donors (Lipinski definition) is 1. The Bertz CT molecular complexity index is 648. The van der Waals surface area contributed by atoms with Crippen molar-refractivity contribution in [3.8, 4) is 0 Å². The van der Waals surface area contributed by atoms with Crippen molar-refractivity contribution in [3.63, 3.8) is 0 Å². The Morgan fingerprint density at radius 2 is 2.00 bits per heavy atom. The topological polar surface area (TPSA) is 62.5 Å². The molecule has 1 aromatic heterocycles. The molecule has 0 aliphatic heterocycles. The second kappa shape index (κ2) is 6.43. The van der Waals surface area contributed by atoms with E-state index in [2.05, 4.69) is 0 Å². The summed E-state index contributed by atoms with van der Waals surface area (Å²) in [5.41, 5.74) is 1.01. The van der Waals surface area contributed by atoms with Crippen LogP contribution in [0.25, 0.3) is 10.9 Å². The normalized spacial score (nSPS) is 12.3. The highest BCUT2D eigenvalue weighted by atomic mass is 16.4. The number of amides is 1. The Morgan fingerprint density at radius 1 is 1.29 bits per heavy atom. The average Bonchev–Trinajstić information content (AvgIpc) is 2.87. The molecule has 0 unspecified atom stereocenters. The van der Waals surface area contributed by atoms with Crippen LogP contribution in [0.15, 0.2) is 36.5 Å². The first-order chi connectivity index (χ1) is 10.0. The number of rotatable bonds is 6. The van der Waals surface area contributed by atoms with Crippen molar-refractivity contribution in [2.75, 3.05) is 13.1 Å². The molecule has 0 aliphatic carbocycles. The van der Waals surface area contributed by atoms with E-state index in [0.29, 0.717) is 6.54 Å². The van der Waals surface area contributed by atoms with E-state index in [9.17, 15) is 9.59 Å². The number of carbonyl (C=O) groups is 2. The zero-order valence-corrected chi connectivity index (χ0v) is 12.3. The molecule has 0 fully saturated rings. The van der Waals surface area contributed by atoms with Gasteiger partial charge in [0, 0.05) is 24.8 Å². The van der Waals surface area contributed by atoms with Gasteiger partial charge in [0.2, 0.25) is 5.91 Å². The van der Waals surface area contributed by atoms with Crippen LogP contribution in [-0.2, 0) is 16.1 Å². The number of hydrogen-bond acceptors (Lipinski definition) is 2. The minimum atomic E-state index is -0.882. The van der Waals surface area contributed by atoms with E-state index in [1.54, 1.807) is 11.8 Å². The Morgan fingerprint density at radius 3 is 2.67 bits per heavy atom. The summed E-state index contributed by atoms with van der Waals surface area (Å²) in [6.45, 7) is 4.46. The van der Waals surface area contributed by atoms with Crippen molar-refractivity contribution in [2.45, 2.75) is 20.4 Å². The molecule has 2 rings (SSSR count). The lowest BCUT2D eigenvalue weighted by molar-refractivity contribution is -0.143. The summed E-state index contributed by atoms with van der Waals surface area (Å²) in [6.07, 6.45) is 1.89. The third-order valence-corrected chi connectivity index (χ3v) is 3.64. The molecular weight excluding hydrogens is 268 g/mol. The Kier molecular flexibility index (Phi) is 4.62. The Labute approximate surface area is 123 Å². The van der Waals surface area contributed by atoms with Crippen LogP contribution in [-0.4, -0.2) is 39.5 Å². The monoisotopic (exact) mass is 288 g/mol. The molecule has 1 atom stereocenters. The van der Waals surface area contributed by atoms with Gasteiger partial charge in [-0.1, -0.05) is 25.1 Å². The third kappa shape index (κ3) is 3.42. The molecule has 21 heavy (non-hydrogen) atoms. The number of benzene rings is 1. The zero-order valence-electron chi connectivity index (χ0n) is 12.3. The molecule has 0 saturated heterocycles. The minimum absolute atomic E-state index is 0.0630. The molecule has 2 aromatic rings. The van der Waals surface area contributed by atoms with E-state index >= 15 is 0 Å². The van der Waals surface area contributed by atoms with Crippen molar-refractivity contribution in [3.05, 3.63) is 36.5 Å². The number of aromatic nitrogens is 1. The molecule has 0 saturated carbocycles. The van der Waals surface area contributed by atoms with Gasteiger partial charge in [0.15, 0.2) is 0 Å². The van der Waals surface area contributed by atoms with Crippen molar-refractivity contribution < 1.29 is 14.7 Å². The fourth-order valence-corrected chi connectivity index (χ4v) is 2.34. The first-order valence-corrected chi connectivity index (χ1v) is 7.07. The van der Waals surface area contributed by atoms with Crippen LogP contribution in [0, 0.1) is 5.92 Å². The van der Waals surface area contributed by atoms with Crippen LogP contribution >= 0.6 is 0 Å². The van der Waals surface area contributed by atoms with Crippen LogP contribution in [0.2, 0.25) is 0 Å². The summed E-state index contributed by atoms with van der Waals surface area (Å²) < 4.78 is 1.89. The number of carboxylic acid groups (broad SMARTS) is 1. The number of fused-ring (bicyclic) bond motifs is 1. The molecule has 5 nitrogen and oxygen atoms in total. The van der Waals surface area contributed by atoms with Gasteiger partial charge in [0.25, 0.3) is 0 Å². The molecule has 0 bridgehead atoms. The number of nitrogens with zero attached hydrogens (tertiary/aromatic N) is 2. The molecule has 0 spiro atoms. The quantitative estimate of drug-likeness (QED) is 0.886. The second-order valence-corrected chi connectivity index (χ2v) is 5.17. The van der Waals surface area contributed by atoms with E-state index < -0.39 is 11.9 Å². The molecule has 0 aliphatic rings. The molecule has 0 radical (unpaired) electrons. The van der Waals surface area contributed by atoms with Crippen molar-refractivity contribution in [2.24, 2.45) is 5.92 Å². The van der Waals surface area contributed by atoms with Gasteiger partial charge in [-0.2, -0.15) is 0 Å². The smallest absolute Gasteiger partial charge is 0.308 e. The van der Waals surface area contributed by atoms with Crippen molar-refractivity contribution in [1.82, 2.24) is 9.47 Å². The maximum Gasteiger partial charge on any atom is 0.308 e. The van der Waals surface area contributed by atoms with Gasteiger partial charge < -0.3 is 14.6 Å². The van der Waals surface area contributed by atoms with E-state index in [-0.39, 0.29) is 19.0 Å². The lowest BCUT2D eigenvalue weighted by Crippen LogP contribution is -2.38. The van der Waals surface area contributed by atoms with Gasteiger partial charge in [-0.25, -0.2) is 0 Å². The number of carboxylic acids is 1. The summed E-state index contributed by atoms with van der Waals surface area (Å²) in [4.78, 5) is 24.9. The molecule has 1 amide bonds. The largest absolute Gasteiger partial charge is 0.481 e. The van der Waals surface area contributed by atoms with E-state index in [1.165, 1.54) is 0 Å². The predicted octanol–water partition coefficient (Wildman–Crippen LogP) is 2.21. The van der Waals surface area contributed by atoms with Crippen LogP contribution < -0.4 is 0 Å². The maximum absolute atomic E-state index is 12.4. The van der Waals surface area contributed by atoms with Crippen molar-refractivity contribution >= 4 is 22.8 Å². The number of likely N-dealkylation sites (N-methyl/N-ethyl adjacent to an activating group) is 1. The third-order valence-electron chi connectivity index (χ3n) is 3.64. The van der Waals surface area contributed by atoms with E-state index in [1.807, 2.05) is 48.0 Å². The summed E-state index contributed by atoms with van der Waals surface area (Å²) in [5, 5.41) is 10.1. The average molecular weight is 288 g/mol. The molecule has 1 heterocycles. The minimum Gasteiger partial charge on any atom is -0.481 e. The zero-order chi connectivity index (χ0) is 15.4. The summed E-state index contributed by atoms with van der Waals surface area (Å²) >= 11 is 0. The highest BCUT2D eigenvalue weighted by Crippen LogP contribution is 2.15. The van der Waals surface area contributed by atoms with Crippen LogP contribution in [0.5, 0.6) is 0 Å². The molecular formula is C16H20N2O3. The fraction of sp³-hybridized carbons (Fsp3) is 0.375. The fourth-order valence-electron chi connectivity index (χ4n) is 2.34. The van der Waals surface area contributed by atoms with Crippen LogP contribution in [0.4, 0.5) is 0 Å². The second-order valence-electron chi connectivity index (χ2n) is 5.17. The number of carbonyl (C=O) groups excluding carboxylic acids is 1. The molecule has 1 N–H and O–H groups in total. The number of para-hydroxylation sites is 1. The highest BCUT2D eigenvalue weighted by molar-refractivity contribution is 5.83. The predicted molar refractivity (Wildman–Crippen MR) is 81.0 cm³/mol. The van der Waals surface area contributed by atoms with Gasteiger partial charge in [-0.3, -0.25) is 9.59 Å². The summed E-state index contributed by atoms with van der Waals surface area (Å²) in [5.74, 6) is -1.50. The van der Waals surface area contributed by atoms with E-state index in [4.69, 9.17) is 5.11 Å². The maximum atomic E-state index is 12.4. The van der Waals surface area contributed by atoms with Gasteiger partial charge in [-0.05, 0) is 24.4 Å². The SMILES string of the molecule is CCN(C[C@@H](C)C(=O)O)C(=O)Cn1ccc2ccccc21. The first-order valence-electron chi connectivity index (χ1n) is 7.07. The Hall–Kier alpha value is -2.30. The lowest BCUT2D eigenvalue weighted by Gasteiger charge is -2.23. The van der Waals surface area contributed by atoms with Gasteiger partial charge in [0.05, 0.1) is 5.92 Å². The van der Waals surface area contributed by atoms with Crippen molar-refractivity contribution in [1.29, 1.82) is 0 Å². The van der Waals surface area contributed by atoms with Gasteiger partial charge >= 0.3 is 5.97 Å². The van der Waals surface area contributed by atoms with Gasteiger partial charge in [0.1, 0.15) is 6.54 Å². The molecule has 5 heteroatoms. The standard InChI is InChI=1S/C16H20N2O3/c1-3-17(10-12(2)16(20)21)15(19)11-18-9-8-13-6-4-5-7-14(13)18/h4-9,12H,3,10-11H2,1-2H3,(H,20,21)/t12-/m1/s1. The first kappa shape index (κ1) is 15.1. The summed E-state index contributed by atoms with van der Waals surface area (Å²) in [7, 11) is 0. The Balaban J connectivity index is 2.10. The van der Waals surface area contributed by atoms with Crippen LogP contribution in [0.3, 0.4) is 0 Å². The molecule has 112 valence electrons. The van der Waals surface area contributed by atoms with E-state index in [0.717, 1.165) is 10.9 Å². The van der Waals surface area contributed by atoms with Crippen LogP contribution in [0.1, 0.15) is 13.8 Å². The lowest BCUT2D eigenvalue weighted by atomic mass is 10.1.